The number of hydrogen-bond donors (Lipinski definition) is 2. The van der Waals surface area contributed by atoms with Crippen LogP contribution < -0.4 is 0 Å². The standard InChI is InChI=1S/C12H25NO5/c1-3-4-6-18-10-11(14)8-13(5-7-17-2)9-12(15)16/h11,14H,3-10H2,1-2H3,(H,15,16). The minimum absolute atomic E-state index is 0.102. The van der Waals surface area contributed by atoms with E-state index in [1.807, 2.05) is 0 Å². The van der Waals surface area contributed by atoms with Crippen molar-refractivity contribution in [1.29, 1.82) is 0 Å². The maximum absolute atomic E-state index is 10.7. The Morgan fingerprint density at radius 1 is 1.39 bits per heavy atom. The molecule has 0 aliphatic heterocycles. The Morgan fingerprint density at radius 2 is 2.11 bits per heavy atom. The molecule has 0 spiro atoms. The van der Waals surface area contributed by atoms with Crippen molar-refractivity contribution in [2.75, 3.05) is 46.6 Å². The first-order chi connectivity index (χ1) is 8.60. The fraction of sp³-hybridized carbons (Fsp3) is 0.917. The van der Waals surface area contributed by atoms with Crippen molar-refractivity contribution in [1.82, 2.24) is 4.90 Å². The summed E-state index contributed by atoms with van der Waals surface area (Å²) >= 11 is 0. The normalized spacial score (nSPS) is 12.9. The third kappa shape index (κ3) is 10.5. The van der Waals surface area contributed by atoms with E-state index in [9.17, 15) is 9.90 Å². The van der Waals surface area contributed by atoms with Crippen molar-refractivity contribution in [2.45, 2.75) is 25.9 Å². The SMILES string of the molecule is CCCCOCC(O)CN(CCOC)CC(=O)O. The van der Waals surface area contributed by atoms with E-state index in [1.165, 1.54) is 0 Å². The molecule has 0 radical (unpaired) electrons. The monoisotopic (exact) mass is 263 g/mol. The zero-order valence-corrected chi connectivity index (χ0v) is 11.3. The molecule has 108 valence electrons. The molecule has 0 fully saturated rings. The van der Waals surface area contributed by atoms with Crippen molar-refractivity contribution >= 4 is 5.97 Å². The fourth-order valence-corrected chi connectivity index (χ4v) is 1.46. The molecule has 6 heteroatoms. The van der Waals surface area contributed by atoms with E-state index in [-0.39, 0.29) is 19.7 Å². The van der Waals surface area contributed by atoms with Gasteiger partial charge in [0, 0.05) is 26.8 Å². The summed E-state index contributed by atoms with van der Waals surface area (Å²) in [5.41, 5.74) is 0. The first kappa shape index (κ1) is 17.3. The number of unbranched alkanes of at least 4 members (excludes halogenated alkanes) is 1. The summed E-state index contributed by atoms with van der Waals surface area (Å²) in [4.78, 5) is 12.3. The van der Waals surface area contributed by atoms with Crippen LogP contribution in [0.5, 0.6) is 0 Å². The van der Waals surface area contributed by atoms with Crippen LogP contribution in [-0.4, -0.2) is 73.8 Å². The summed E-state index contributed by atoms with van der Waals surface area (Å²) in [5, 5.41) is 18.5. The molecule has 0 rings (SSSR count). The number of carboxylic acids is 1. The Kier molecular flexibility index (Phi) is 11.0. The van der Waals surface area contributed by atoms with E-state index in [4.69, 9.17) is 14.6 Å². The maximum atomic E-state index is 10.7. The smallest absolute Gasteiger partial charge is 0.317 e. The lowest BCUT2D eigenvalue weighted by Gasteiger charge is -2.22. The van der Waals surface area contributed by atoms with Gasteiger partial charge in [-0.25, -0.2) is 0 Å². The average molecular weight is 263 g/mol. The summed E-state index contributed by atoms with van der Waals surface area (Å²) in [5.74, 6) is -0.912. The number of nitrogens with zero attached hydrogens (tertiary/aromatic N) is 1. The molecule has 0 aliphatic rings. The molecule has 18 heavy (non-hydrogen) atoms. The predicted octanol–water partition coefficient (Wildman–Crippen LogP) is 0.197. The van der Waals surface area contributed by atoms with Crippen LogP contribution in [0.4, 0.5) is 0 Å². The highest BCUT2D eigenvalue weighted by atomic mass is 16.5. The van der Waals surface area contributed by atoms with E-state index in [2.05, 4.69) is 6.92 Å². The summed E-state index contributed by atoms with van der Waals surface area (Å²) in [6.45, 7) is 4.04. The van der Waals surface area contributed by atoms with Crippen molar-refractivity contribution in [2.24, 2.45) is 0 Å². The largest absolute Gasteiger partial charge is 0.480 e. The zero-order chi connectivity index (χ0) is 13.8. The lowest BCUT2D eigenvalue weighted by Crippen LogP contribution is -2.40. The number of aliphatic hydroxyl groups excluding tert-OH is 1. The molecule has 0 saturated heterocycles. The maximum Gasteiger partial charge on any atom is 0.317 e. The number of aliphatic hydroxyl groups is 1. The molecule has 6 nitrogen and oxygen atoms in total. The molecular formula is C12H25NO5. The quantitative estimate of drug-likeness (QED) is 0.490. The molecule has 2 N–H and O–H groups in total. The Bertz CT molecular complexity index is 213. The third-order valence-corrected chi connectivity index (χ3v) is 2.39. The van der Waals surface area contributed by atoms with Gasteiger partial charge in [0.1, 0.15) is 0 Å². The lowest BCUT2D eigenvalue weighted by atomic mass is 10.3. The number of carbonyl (C=O) groups is 1. The van der Waals surface area contributed by atoms with E-state index in [0.29, 0.717) is 19.8 Å². The molecule has 0 aliphatic carbocycles. The zero-order valence-electron chi connectivity index (χ0n) is 11.3. The van der Waals surface area contributed by atoms with E-state index < -0.39 is 12.1 Å². The van der Waals surface area contributed by atoms with Gasteiger partial charge in [0.2, 0.25) is 0 Å². The lowest BCUT2D eigenvalue weighted by molar-refractivity contribution is -0.138. The minimum atomic E-state index is -0.912. The van der Waals surface area contributed by atoms with Gasteiger partial charge in [0.05, 0.1) is 25.9 Å². The molecular weight excluding hydrogens is 238 g/mol. The molecule has 0 aromatic rings. The Balaban J connectivity index is 3.85. The van der Waals surface area contributed by atoms with Crippen molar-refractivity contribution < 1.29 is 24.5 Å². The predicted molar refractivity (Wildman–Crippen MR) is 67.7 cm³/mol. The van der Waals surface area contributed by atoms with Gasteiger partial charge < -0.3 is 19.7 Å². The van der Waals surface area contributed by atoms with Crippen molar-refractivity contribution in [3.63, 3.8) is 0 Å². The van der Waals surface area contributed by atoms with Gasteiger partial charge in [-0.3, -0.25) is 9.69 Å². The highest BCUT2D eigenvalue weighted by Crippen LogP contribution is 1.96. The Morgan fingerprint density at radius 3 is 2.67 bits per heavy atom. The molecule has 0 aromatic heterocycles. The van der Waals surface area contributed by atoms with Crippen LogP contribution in [0.15, 0.2) is 0 Å². The van der Waals surface area contributed by atoms with Crippen LogP contribution >= 0.6 is 0 Å². The second kappa shape index (κ2) is 11.4. The second-order valence-electron chi connectivity index (χ2n) is 4.20. The number of hydrogen-bond acceptors (Lipinski definition) is 5. The number of methoxy groups -OCH3 is 1. The topological polar surface area (TPSA) is 79.2 Å². The van der Waals surface area contributed by atoms with Crippen LogP contribution in [-0.2, 0) is 14.3 Å². The van der Waals surface area contributed by atoms with Crippen LogP contribution in [0, 0.1) is 0 Å². The van der Waals surface area contributed by atoms with Gasteiger partial charge >= 0.3 is 5.97 Å². The van der Waals surface area contributed by atoms with E-state index >= 15 is 0 Å². The molecule has 0 bridgehead atoms. The minimum Gasteiger partial charge on any atom is -0.480 e. The third-order valence-electron chi connectivity index (χ3n) is 2.39. The number of rotatable bonds is 12. The summed E-state index contributed by atoms with van der Waals surface area (Å²) in [7, 11) is 1.56. The molecule has 0 amide bonds. The fourth-order valence-electron chi connectivity index (χ4n) is 1.46. The summed E-state index contributed by atoms with van der Waals surface area (Å²) < 4.78 is 10.2. The van der Waals surface area contributed by atoms with Gasteiger partial charge in [-0.15, -0.1) is 0 Å². The molecule has 1 unspecified atom stereocenters. The molecule has 0 saturated carbocycles. The van der Waals surface area contributed by atoms with E-state index in [0.717, 1.165) is 12.8 Å². The highest BCUT2D eigenvalue weighted by Gasteiger charge is 2.14. The number of aliphatic carboxylic acids is 1. The van der Waals surface area contributed by atoms with Gasteiger partial charge in [0.25, 0.3) is 0 Å². The molecule has 1 atom stereocenters. The van der Waals surface area contributed by atoms with Crippen LogP contribution in [0.1, 0.15) is 19.8 Å². The summed E-state index contributed by atoms with van der Waals surface area (Å²) in [6, 6.07) is 0. The second-order valence-corrected chi connectivity index (χ2v) is 4.20. The van der Waals surface area contributed by atoms with E-state index in [1.54, 1.807) is 12.0 Å². The first-order valence-electron chi connectivity index (χ1n) is 6.29. The van der Waals surface area contributed by atoms with Gasteiger partial charge in [-0.1, -0.05) is 13.3 Å². The first-order valence-corrected chi connectivity index (χ1v) is 6.29. The van der Waals surface area contributed by atoms with Crippen LogP contribution in [0.3, 0.4) is 0 Å². The molecule has 0 heterocycles. The van der Waals surface area contributed by atoms with Gasteiger partial charge in [-0.05, 0) is 6.42 Å². The van der Waals surface area contributed by atoms with Crippen molar-refractivity contribution in [3.8, 4) is 0 Å². The average Bonchev–Trinajstić information content (AvgIpc) is 2.31. The number of ether oxygens (including phenoxy) is 2. The van der Waals surface area contributed by atoms with Crippen LogP contribution in [0.2, 0.25) is 0 Å². The Labute approximate surface area is 108 Å². The van der Waals surface area contributed by atoms with Crippen molar-refractivity contribution in [3.05, 3.63) is 0 Å². The van der Waals surface area contributed by atoms with Gasteiger partial charge in [-0.2, -0.15) is 0 Å². The highest BCUT2D eigenvalue weighted by molar-refractivity contribution is 5.69. The summed E-state index contributed by atoms with van der Waals surface area (Å²) in [6.07, 6.45) is 1.35. The van der Waals surface area contributed by atoms with Crippen LogP contribution in [0.25, 0.3) is 0 Å². The van der Waals surface area contributed by atoms with Gasteiger partial charge in [0.15, 0.2) is 0 Å². The molecule has 0 aromatic carbocycles. The Hall–Kier alpha value is -0.690. The number of carboxylic acid groups (broad SMARTS) is 1.